The highest BCUT2D eigenvalue weighted by molar-refractivity contribution is 9.10. The number of halogens is 2. The minimum Gasteiger partial charge on any atom is -0.478 e. The Bertz CT molecular complexity index is 601. The lowest BCUT2D eigenvalue weighted by Gasteiger charge is -2.05. The minimum atomic E-state index is -0.996. The SMILES string of the molecule is O=C(O)c1ccc(Sc2ccccc2F)cc1Br. The van der Waals surface area contributed by atoms with Crippen LogP contribution in [-0.4, -0.2) is 11.1 Å². The molecule has 0 saturated carbocycles. The van der Waals surface area contributed by atoms with Crippen LogP contribution in [-0.2, 0) is 0 Å². The highest BCUT2D eigenvalue weighted by atomic mass is 79.9. The van der Waals surface area contributed by atoms with Crippen molar-refractivity contribution >= 4 is 33.7 Å². The first-order valence-electron chi connectivity index (χ1n) is 5.03. The predicted octanol–water partition coefficient (Wildman–Crippen LogP) is 4.44. The van der Waals surface area contributed by atoms with Crippen LogP contribution in [0.15, 0.2) is 56.7 Å². The largest absolute Gasteiger partial charge is 0.478 e. The summed E-state index contributed by atoms with van der Waals surface area (Å²) in [5.74, 6) is -1.29. The summed E-state index contributed by atoms with van der Waals surface area (Å²) >= 11 is 4.44. The van der Waals surface area contributed by atoms with E-state index in [1.807, 2.05) is 0 Å². The standard InChI is InChI=1S/C13H8BrFO2S/c14-10-7-8(5-6-9(10)13(16)17)18-12-4-2-1-3-11(12)15/h1-7H,(H,16,17). The Kier molecular flexibility index (Phi) is 4.04. The summed E-state index contributed by atoms with van der Waals surface area (Å²) in [5.41, 5.74) is 0.188. The van der Waals surface area contributed by atoms with Gasteiger partial charge in [0.2, 0.25) is 0 Å². The highest BCUT2D eigenvalue weighted by Crippen LogP contribution is 2.32. The molecule has 2 rings (SSSR count). The molecule has 2 aromatic rings. The average molecular weight is 327 g/mol. The third-order valence-corrected chi connectivity index (χ3v) is 3.93. The maximum atomic E-state index is 13.5. The average Bonchev–Trinajstić information content (AvgIpc) is 2.32. The van der Waals surface area contributed by atoms with Crippen molar-refractivity contribution in [2.45, 2.75) is 9.79 Å². The molecule has 92 valence electrons. The molecule has 0 spiro atoms. The molecule has 0 atom stereocenters. The molecule has 0 aliphatic rings. The molecule has 0 bridgehead atoms. The maximum absolute atomic E-state index is 13.5. The van der Waals surface area contributed by atoms with Gasteiger partial charge in [-0.3, -0.25) is 0 Å². The molecule has 0 amide bonds. The fourth-order valence-electron chi connectivity index (χ4n) is 1.39. The molecule has 0 fully saturated rings. The quantitative estimate of drug-likeness (QED) is 0.906. The van der Waals surface area contributed by atoms with E-state index >= 15 is 0 Å². The number of rotatable bonds is 3. The Morgan fingerprint density at radius 3 is 2.56 bits per heavy atom. The number of carboxylic acids is 1. The monoisotopic (exact) mass is 326 g/mol. The molecule has 0 heterocycles. The fraction of sp³-hybridized carbons (Fsp3) is 0. The van der Waals surface area contributed by atoms with Crippen LogP contribution in [0.2, 0.25) is 0 Å². The zero-order chi connectivity index (χ0) is 13.1. The molecule has 0 saturated heterocycles. The predicted molar refractivity (Wildman–Crippen MR) is 71.6 cm³/mol. The molecular formula is C13H8BrFO2S. The van der Waals surface area contributed by atoms with Gasteiger partial charge in [0.1, 0.15) is 5.82 Å². The molecule has 5 heteroatoms. The summed E-state index contributed by atoms with van der Waals surface area (Å²) in [6.45, 7) is 0. The van der Waals surface area contributed by atoms with E-state index in [1.54, 1.807) is 30.3 Å². The van der Waals surface area contributed by atoms with Crippen LogP contribution in [0, 0.1) is 5.82 Å². The second-order valence-electron chi connectivity index (χ2n) is 3.48. The van der Waals surface area contributed by atoms with E-state index in [4.69, 9.17) is 5.11 Å². The Morgan fingerprint density at radius 1 is 1.22 bits per heavy atom. The third kappa shape index (κ3) is 2.91. The summed E-state index contributed by atoms with van der Waals surface area (Å²) < 4.78 is 13.9. The zero-order valence-corrected chi connectivity index (χ0v) is 11.5. The van der Waals surface area contributed by atoms with Crippen LogP contribution in [0.5, 0.6) is 0 Å². The van der Waals surface area contributed by atoms with Gasteiger partial charge in [-0.25, -0.2) is 9.18 Å². The van der Waals surface area contributed by atoms with Gasteiger partial charge in [-0.05, 0) is 46.3 Å². The highest BCUT2D eigenvalue weighted by Gasteiger charge is 2.10. The molecule has 0 unspecified atom stereocenters. The normalized spacial score (nSPS) is 10.3. The van der Waals surface area contributed by atoms with E-state index in [1.165, 1.54) is 23.9 Å². The molecule has 1 N–H and O–H groups in total. The van der Waals surface area contributed by atoms with Crippen LogP contribution in [0.4, 0.5) is 4.39 Å². The van der Waals surface area contributed by atoms with Crippen molar-refractivity contribution in [1.82, 2.24) is 0 Å². The van der Waals surface area contributed by atoms with Crippen molar-refractivity contribution in [3.8, 4) is 0 Å². The van der Waals surface area contributed by atoms with E-state index in [0.717, 1.165) is 4.90 Å². The lowest BCUT2D eigenvalue weighted by molar-refractivity contribution is 0.0696. The summed E-state index contributed by atoms with van der Waals surface area (Å²) in [7, 11) is 0. The zero-order valence-electron chi connectivity index (χ0n) is 9.06. The summed E-state index contributed by atoms with van der Waals surface area (Å²) in [6, 6.07) is 11.3. The van der Waals surface area contributed by atoms with E-state index in [2.05, 4.69) is 15.9 Å². The number of aromatic carboxylic acids is 1. The smallest absolute Gasteiger partial charge is 0.336 e. The van der Waals surface area contributed by atoms with Crippen molar-refractivity contribution in [3.05, 3.63) is 58.3 Å². The van der Waals surface area contributed by atoms with Crippen molar-refractivity contribution < 1.29 is 14.3 Å². The second-order valence-corrected chi connectivity index (χ2v) is 5.45. The Hall–Kier alpha value is -1.33. The van der Waals surface area contributed by atoms with Gasteiger partial charge < -0.3 is 5.11 Å². The van der Waals surface area contributed by atoms with Gasteiger partial charge in [-0.15, -0.1) is 0 Å². The van der Waals surface area contributed by atoms with Gasteiger partial charge in [0, 0.05) is 14.3 Å². The van der Waals surface area contributed by atoms with E-state index in [-0.39, 0.29) is 11.4 Å². The first-order chi connectivity index (χ1) is 8.58. The number of benzene rings is 2. The molecule has 0 aromatic heterocycles. The Balaban J connectivity index is 2.29. The van der Waals surface area contributed by atoms with Crippen LogP contribution < -0.4 is 0 Å². The van der Waals surface area contributed by atoms with E-state index < -0.39 is 5.97 Å². The number of carboxylic acid groups (broad SMARTS) is 1. The van der Waals surface area contributed by atoms with Gasteiger partial charge in [0.25, 0.3) is 0 Å². The van der Waals surface area contributed by atoms with Crippen LogP contribution in [0.25, 0.3) is 0 Å². The molecule has 18 heavy (non-hydrogen) atoms. The van der Waals surface area contributed by atoms with Crippen LogP contribution in [0.3, 0.4) is 0 Å². The van der Waals surface area contributed by atoms with Crippen molar-refractivity contribution in [1.29, 1.82) is 0 Å². The molecule has 0 aliphatic heterocycles. The molecule has 0 radical (unpaired) electrons. The van der Waals surface area contributed by atoms with Gasteiger partial charge in [0.05, 0.1) is 5.56 Å². The van der Waals surface area contributed by atoms with Crippen LogP contribution in [0.1, 0.15) is 10.4 Å². The molecule has 2 nitrogen and oxygen atoms in total. The lowest BCUT2D eigenvalue weighted by Crippen LogP contribution is -1.97. The maximum Gasteiger partial charge on any atom is 0.336 e. The summed E-state index contributed by atoms with van der Waals surface area (Å²) in [4.78, 5) is 12.1. The summed E-state index contributed by atoms with van der Waals surface area (Å²) in [5, 5.41) is 8.89. The summed E-state index contributed by atoms with van der Waals surface area (Å²) in [6.07, 6.45) is 0. The van der Waals surface area contributed by atoms with Gasteiger partial charge in [-0.1, -0.05) is 23.9 Å². The first-order valence-corrected chi connectivity index (χ1v) is 6.64. The fourth-order valence-corrected chi connectivity index (χ4v) is 2.97. The first kappa shape index (κ1) is 13.1. The van der Waals surface area contributed by atoms with Crippen LogP contribution >= 0.6 is 27.7 Å². The number of hydrogen-bond donors (Lipinski definition) is 1. The van der Waals surface area contributed by atoms with Gasteiger partial charge in [0.15, 0.2) is 0 Å². The molecule has 0 aliphatic carbocycles. The van der Waals surface area contributed by atoms with Crippen molar-refractivity contribution in [2.75, 3.05) is 0 Å². The lowest BCUT2D eigenvalue weighted by atomic mass is 10.2. The molecular weight excluding hydrogens is 319 g/mol. The Labute approximate surface area is 116 Å². The topological polar surface area (TPSA) is 37.3 Å². The second kappa shape index (κ2) is 5.54. The van der Waals surface area contributed by atoms with Gasteiger partial charge in [-0.2, -0.15) is 0 Å². The molecule has 2 aromatic carbocycles. The van der Waals surface area contributed by atoms with Crippen molar-refractivity contribution in [3.63, 3.8) is 0 Å². The number of hydrogen-bond acceptors (Lipinski definition) is 2. The third-order valence-electron chi connectivity index (χ3n) is 2.24. The van der Waals surface area contributed by atoms with E-state index in [9.17, 15) is 9.18 Å². The van der Waals surface area contributed by atoms with Crippen molar-refractivity contribution in [2.24, 2.45) is 0 Å². The minimum absolute atomic E-state index is 0.188. The Morgan fingerprint density at radius 2 is 1.94 bits per heavy atom. The van der Waals surface area contributed by atoms with Gasteiger partial charge >= 0.3 is 5.97 Å². The number of carbonyl (C=O) groups is 1. The van der Waals surface area contributed by atoms with E-state index in [0.29, 0.717) is 9.37 Å².